The van der Waals surface area contributed by atoms with E-state index in [4.69, 9.17) is 5.73 Å². The number of halogens is 2. The van der Waals surface area contributed by atoms with E-state index in [2.05, 4.69) is 28.2 Å². The highest BCUT2D eigenvalue weighted by molar-refractivity contribution is 9.10. The van der Waals surface area contributed by atoms with E-state index in [-0.39, 0.29) is 18.0 Å². The summed E-state index contributed by atoms with van der Waals surface area (Å²) < 4.78 is 13.7. The molecule has 0 spiro atoms. The predicted molar refractivity (Wildman–Crippen MR) is 79.6 cm³/mol. The van der Waals surface area contributed by atoms with Crippen molar-refractivity contribution < 1.29 is 9.50 Å². The van der Waals surface area contributed by atoms with Crippen molar-refractivity contribution in [1.29, 1.82) is 0 Å². The second-order valence-corrected chi connectivity index (χ2v) is 6.45. The van der Waals surface area contributed by atoms with Crippen LogP contribution in [0.1, 0.15) is 32.6 Å². The molecule has 0 radical (unpaired) electrons. The molecule has 0 saturated heterocycles. The Morgan fingerprint density at radius 2 is 2.11 bits per heavy atom. The van der Waals surface area contributed by atoms with E-state index in [1.54, 1.807) is 6.07 Å². The van der Waals surface area contributed by atoms with Crippen LogP contribution in [0, 0.1) is 11.7 Å². The van der Waals surface area contributed by atoms with Crippen molar-refractivity contribution in [3.05, 3.63) is 22.4 Å². The molecule has 0 bridgehead atoms. The van der Waals surface area contributed by atoms with Gasteiger partial charge in [0, 0.05) is 6.07 Å². The molecule has 0 aromatic heterocycles. The second kappa shape index (κ2) is 5.67. The summed E-state index contributed by atoms with van der Waals surface area (Å²) in [7, 11) is 0. The Bertz CT molecular complexity index is 459. The number of rotatable bonds is 3. The zero-order chi connectivity index (χ0) is 14.0. The summed E-state index contributed by atoms with van der Waals surface area (Å²) in [6.07, 6.45) is 3.96. The first-order valence-corrected chi connectivity index (χ1v) is 7.39. The zero-order valence-corrected chi connectivity index (χ0v) is 12.6. The fraction of sp³-hybridized carbons (Fsp3) is 0.571. The number of aliphatic hydroxyl groups excluding tert-OH is 1. The van der Waals surface area contributed by atoms with Gasteiger partial charge in [-0.25, -0.2) is 4.39 Å². The van der Waals surface area contributed by atoms with Crippen LogP contribution in [0.25, 0.3) is 0 Å². The first-order valence-electron chi connectivity index (χ1n) is 6.59. The maximum absolute atomic E-state index is 13.4. The molecule has 1 aliphatic rings. The van der Waals surface area contributed by atoms with Crippen molar-refractivity contribution in [3.8, 4) is 0 Å². The Morgan fingerprint density at radius 1 is 1.47 bits per heavy atom. The smallest absolute Gasteiger partial charge is 0.139 e. The van der Waals surface area contributed by atoms with Gasteiger partial charge in [-0.3, -0.25) is 0 Å². The van der Waals surface area contributed by atoms with Crippen molar-refractivity contribution >= 4 is 27.3 Å². The highest BCUT2D eigenvalue weighted by Gasteiger charge is 2.34. The molecular weight excluding hydrogens is 311 g/mol. The standard InChI is InChI=1S/C14H20BrFN2O/c1-9-2-4-14(8-19,5-3-9)18-13-6-10(15)11(16)7-12(13)17/h6-7,9,18-19H,2-5,8,17H2,1H3. The highest BCUT2D eigenvalue weighted by atomic mass is 79.9. The maximum atomic E-state index is 13.4. The molecule has 0 aliphatic heterocycles. The molecule has 19 heavy (non-hydrogen) atoms. The van der Waals surface area contributed by atoms with Gasteiger partial charge in [0.15, 0.2) is 0 Å². The lowest BCUT2D eigenvalue weighted by atomic mass is 9.77. The summed E-state index contributed by atoms with van der Waals surface area (Å²) in [5, 5.41) is 13.0. The summed E-state index contributed by atoms with van der Waals surface area (Å²) in [6, 6.07) is 2.93. The number of hydrogen-bond acceptors (Lipinski definition) is 3. The Morgan fingerprint density at radius 3 is 2.68 bits per heavy atom. The molecule has 2 rings (SSSR count). The average molecular weight is 331 g/mol. The van der Waals surface area contributed by atoms with Gasteiger partial charge in [-0.2, -0.15) is 0 Å². The van der Waals surface area contributed by atoms with E-state index in [0.29, 0.717) is 21.8 Å². The highest BCUT2D eigenvalue weighted by Crippen LogP contribution is 2.36. The Kier molecular flexibility index (Phi) is 4.36. The quantitative estimate of drug-likeness (QED) is 0.743. The van der Waals surface area contributed by atoms with Crippen molar-refractivity contribution in [2.24, 2.45) is 5.92 Å². The van der Waals surface area contributed by atoms with Crippen LogP contribution in [0.15, 0.2) is 16.6 Å². The molecule has 1 fully saturated rings. The first-order chi connectivity index (χ1) is 8.96. The number of nitrogens with one attached hydrogen (secondary N) is 1. The fourth-order valence-corrected chi connectivity index (χ4v) is 2.94. The SMILES string of the molecule is CC1CCC(CO)(Nc2cc(Br)c(F)cc2N)CC1. The van der Waals surface area contributed by atoms with Gasteiger partial charge in [-0.05, 0) is 53.6 Å². The molecular formula is C14H20BrFN2O. The van der Waals surface area contributed by atoms with Gasteiger partial charge in [-0.1, -0.05) is 6.92 Å². The van der Waals surface area contributed by atoms with E-state index in [0.717, 1.165) is 25.7 Å². The van der Waals surface area contributed by atoms with Gasteiger partial charge in [0.2, 0.25) is 0 Å². The van der Waals surface area contributed by atoms with Gasteiger partial charge in [-0.15, -0.1) is 0 Å². The van der Waals surface area contributed by atoms with E-state index in [1.165, 1.54) is 6.07 Å². The van der Waals surface area contributed by atoms with E-state index < -0.39 is 0 Å². The van der Waals surface area contributed by atoms with Gasteiger partial charge >= 0.3 is 0 Å². The van der Waals surface area contributed by atoms with Crippen LogP contribution in [0.3, 0.4) is 0 Å². The minimum absolute atomic E-state index is 0.0636. The Labute approximate surface area is 121 Å². The van der Waals surface area contributed by atoms with Crippen LogP contribution < -0.4 is 11.1 Å². The minimum Gasteiger partial charge on any atom is -0.397 e. The number of anilines is 2. The van der Waals surface area contributed by atoms with Crippen molar-refractivity contribution in [1.82, 2.24) is 0 Å². The monoisotopic (exact) mass is 330 g/mol. The third kappa shape index (κ3) is 3.20. The van der Waals surface area contributed by atoms with Gasteiger partial charge in [0.1, 0.15) is 5.82 Å². The number of benzene rings is 1. The Hall–Kier alpha value is -0.810. The molecule has 0 amide bonds. The lowest BCUT2D eigenvalue weighted by Gasteiger charge is -2.40. The lowest BCUT2D eigenvalue weighted by molar-refractivity contribution is 0.155. The second-order valence-electron chi connectivity index (χ2n) is 5.60. The van der Waals surface area contributed by atoms with Crippen LogP contribution in [-0.2, 0) is 0 Å². The molecule has 1 aromatic rings. The predicted octanol–water partition coefficient (Wildman–Crippen LogP) is 3.52. The average Bonchev–Trinajstić information content (AvgIpc) is 2.39. The molecule has 3 nitrogen and oxygen atoms in total. The van der Waals surface area contributed by atoms with Crippen LogP contribution in [-0.4, -0.2) is 17.3 Å². The summed E-state index contributed by atoms with van der Waals surface area (Å²) >= 11 is 3.16. The van der Waals surface area contributed by atoms with Crippen molar-refractivity contribution in [2.45, 2.75) is 38.1 Å². The number of aliphatic hydroxyl groups is 1. The molecule has 1 aromatic carbocycles. The Balaban J connectivity index is 2.21. The van der Waals surface area contributed by atoms with Crippen molar-refractivity contribution in [3.63, 3.8) is 0 Å². The number of nitrogen functional groups attached to an aromatic ring is 1. The fourth-order valence-electron chi connectivity index (χ4n) is 2.59. The summed E-state index contributed by atoms with van der Waals surface area (Å²) in [4.78, 5) is 0. The molecule has 106 valence electrons. The third-order valence-corrected chi connectivity index (χ3v) is 4.63. The van der Waals surface area contributed by atoms with Crippen LogP contribution >= 0.6 is 15.9 Å². The molecule has 1 saturated carbocycles. The van der Waals surface area contributed by atoms with Gasteiger partial charge in [0.25, 0.3) is 0 Å². The minimum atomic E-state index is -0.377. The lowest BCUT2D eigenvalue weighted by Crippen LogP contribution is -2.45. The molecule has 5 heteroatoms. The number of nitrogens with two attached hydrogens (primary N) is 1. The summed E-state index contributed by atoms with van der Waals surface area (Å²) in [6.45, 7) is 2.29. The van der Waals surface area contributed by atoms with E-state index in [1.807, 2.05) is 0 Å². The van der Waals surface area contributed by atoms with Gasteiger partial charge < -0.3 is 16.2 Å². The molecule has 0 atom stereocenters. The van der Waals surface area contributed by atoms with Crippen LogP contribution in [0.5, 0.6) is 0 Å². The number of hydrogen-bond donors (Lipinski definition) is 3. The van der Waals surface area contributed by atoms with E-state index >= 15 is 0 Å². The third-order valence-electron chi connectivity index (χ3n) is 4.03. The topological polar surface area (TPSA) is 58.3 Å². The first kappa shape index (κ1) is 14.6. The van der Waals surface area contributed by atoms with Crippen LogP contribution in [0.2, 0.25) is 0 Å². The molecule has 0 unspecified atom stereocenters. The zero-order valence-electron chi connectivity index (χ0n) is 11.0. The summed E-state index contributed by atoms with van der Waals surface area (Å²) in [5.74, 6) is 0.317. The van der Waals surface area contributed by atoms with Crippen LogP contribution in [0.4, 0.5) is 15.8 Å². The molecule has 1 aliphatic carbocycles. The van der Waals surface area contributed by atoms with Crippen molar-refractivity contribution in [2.75, 3.05) is 17.7 Å². The van der Waals surface area contributed by atoms with E-state index in [9.17, 15) is 9.50 Å². The summed E-state index contributed by atoms with van der Waals surface area (Å²) in [5.41, 5.74) is 6.55. The maximum Gasteiger partial charge on any atom is 0.139 e. The molecule has 0 heterocycles. The van der Waals surface area contributed by atoms with Gasteiger partial charge in [0.05, 0.1) is 28.0 Å². The molecule has 4 N–H and O–H groups in total. The normalized spacial score (nSPS) is 27.3. The largest absolute Gasteiger partial charge is 0.397 e.